The summed E-state index contributed by atoms with van der Waals surface area (Å²) in [6.45, 7) is 5.35. The van der Waals surface area contributed by atoms with E-state index in [1.807, 2.05) is 17.2 Å². The van der Waals surface area contributed by atoms with Crippen molar-refractivity contribution in [2.24, 2.45) is 0 Å². The largest absolute Gasteiger partial charge is 0.395 e. The highest BCUT2D eigenvalue weighted by Crippen LogP contribution is 2.30. The lowest BCUT2D eigenvalue weighted by atomic mass is 9.92. The molecule has 0 spiro atoms. The summed E-state index contributed by atoms with van der Waals surface area (Å²) in [6.07, 6.45) is 9.12. The molecular weight excluding hydrogens is 422 g/mol. The second-order valence-corrected chi connectivity index (χ2v) is 9.94. The molecule has 0 saturated carbocycles. The van der Waals surface area contributed by atoms with Gasteiger partial charge in [0.1, 0.15) is 5.82 Å². The summed E-state index contributed by atoms with van der Waals surface area (Å²) in [5.41, 5.74) is 1.09. The Hall–Kier alpha value is -2.03. The maximum Gasteiger partial charge on any atom is 0.239 e. The van der Waals surface area contributed by atoms with Crippen molar-refractivity contribution < 1.29 is 9.90 Å². The molecule has 2 aromatic heterocycles. The van der Waals surface area contributed by atoms with Gasteiger partial charge in [-0.25, -0.2) is 9.97 Å². The van der Waals surface area contributed by atoms with Gasteiger partial charge in [0.25, 0.3) is 0 Å². The number of hydrogen-bond acceptors (Lipinski definition) is 7. The number of aliphatic hydroxyl groups excluding tert-OH is 1. The predicted octanol–water partition coefficient (Wildman–Crippen LogP) is 3.79. The van der Waals surface area contributed by atoms with Crippen molar-refractivity contribution in [3.8, 4) is 0 Å². The van der Waals surface area contributed by atoms with Crippen LogP contribution in [0, 0.1) is 0 Å². The smallest absolute Gasteiger partial charge is 0.239 e. The van der Waals surface area contributed by atoms with E-state index < -0.39 is 0 Å². The zero-order chi connectivity index (χ0) is 22.3. The van der Waals surface area contributed by atoms with E-state index in [0.29, 0.717) is 12.5 Å². The van der Waals surface area contributed by atoms with Crippen LogP contribution in [0.15, 0.2) is 24.4 Å². The Labute approximate surface area is 194 Å². The van der Waals surface area contributed by atoms with E-state index in [-0.39, 0.29) is 18.6 Å². The van der Waals surface area contributed by atoms with Crippen LogP contribution in [0.1, 0.15) is 61.9 Å². The number of nitrogens with one attached hydrogen (secondary N) is 1. The maximum absolute atomic E-state index is 13.2. The normalized spacial score (nSPS) is 20.4. The number of carbonyl (C=O) groups excluding carboxylic acids is 1. The molecule has 0 aromatic carbocycles. The second kappa shape index (κ2) is 11.2. The minimum atomic E-state index is -0.0611. The molecule has 174 valence electrons. The Bertz CT molecular complexity index is 879. The zero-order valence-electron chi connectivity index (χ0n) is 19.0. The monoisotopic (exact) mass is 457 g/mol. The minimum absolute atomic E-state index is 0.0611. The molecule has 2 aromatic rings. The van der Waals surface area contributed by atoms with Crippen LogP contribution in [-0.4, -0.2) is 69.6 Å². The van der Waals surface area contributed by atoms with Gasteiger partial charge in [0, 0.05) is 42.3 Å². The SMILES string of the molecule is CCCc1cnc(Nc2cccc(C3CCN(C(=O)[C@H]4CCCCN4CCO)CC3)n2)s1. The van der Waals surface area contributed by atoms with E-state index in [1.165, 1.54) is 4.88 Å². The van der Waals surface area contributed by atoms with Crippen LogP contribution in [0.3, 0.4) is 0 Å². The van der Waals surface area contributed by atoms with E-state index in [4.69, 9.17) is 4.98 Å². The molecule has 1 atom stereocenters. The van der Waals surface area contributed by atoms with Gasteiger partial charge in [0.2, 0.25) is 5.91 Å². The molecule has 1 amide bonds. The zero-order valence-corrected chi connectivity index (χ0v) is 19.8. The number of hydrogen-bond donors (Lipinski definition) is 2. The molecule has 2 saturated heterocycles. The third-order valence-corrected chi connectivity index (χ3v) is 7.54. The lowest BCUT2D eigenvalue weighted by Gasteiger charge is -2.39. The van der Waals surface area contributed by atoms with Crippen LogP contribution in [0.5, 0.6) is 0 Å². The van der Waals surface area contributed by atoms with Crippen LogP contribution < -0.4 is 5.32 Å². The lowest BCUT2D eigenvalue weighted by Crippen LogP contribution is -2.53. The summed E-state index contributed by atoms with van der Waals surface area (Å²) < 4.78 is 0. The Morgan fingerprint density at radius 3 is 2.84 bits per heavy atom. The van der Waals surface area contributed by atoms with Crippen LogP contribution in [0.25, 0.3) is 0 Å². The Kier molecular flexibility index (Phi) is 8.10. The Morgan fingerprint density at radius 2 is 2.06 bits per heavy atom. The molecule has 0 aliphatic carbocycles. The van der Waals surface area contributed by atoms with Crippen LogP contribution >= 0.6 is 11.3 Å². The van der Waals surface area contributed by atoms with Crippen molar-refractivity contribution in [3.05, 3.63) is 35.0 Å². The molecule has 7 nitrogen and oxygen atoms in total. The van der Waals surface area contributed by atoms with Crippen molar-refractivity contribution in [1.82, 2.24) is 19.8 Å². The van der Waals surface area contributed by atoms with Crippen molar-refractivity contribution >= 4 is 28.2 Å². The number of aryl methyl sites for hydroxylation is 1. The second-order valence-electron chi connectivity index (χ2n) is 8.83. The van der Waals surface area contributed by atoms with E-state index in [0.717, 1.165) is 81.2 Å². The fourth-order valence-electron chi connectivity index (χ4n) is 4.86. The van der Waals surface area contributed by atoms with Gasteiger partial charge in [-0.1, -0.05) is 25.8 Å². The molecule has 2 fully saturated rings. The van der Waals surface area contributed by atoms with Crippen molar-refractivity contribution in [1.29, 1.82) is 0 Å². The third-order valence-electron chi connectivity index (χ3n) is 6.57. The molecule has 32 heavy (non-hydrogen) atoms. The predicted molar refractivity (Wildman–Crippen MR) is 128 cm³/mol. The van der Waals surface area contributed by atoms with Gasteiger partial charge < -0.3 is 15.3 Å². The number of nitrogens with zero attached hydrogens (tertiary/aromatic N) is 4. The number of aromatic nitrogens is 2. The van der Waals surface area contributed by atoms with Crippen LogP contribution in [0.2, 0.25) is 0 Å². The Balaban J connectivity index is 1.33. The number of carbonyl (C=O) groups is 1. The molecule has 2 aliphatic rings. The minimum Gasteiger partial charge on any atom is -0.395 e. The standard InChI is InChI=1S/C24H35N5O2S/c1-2-6-19-17-25-24(32-19)27-22-9-5-7-20(26-22)18-10-13-29(14-11-18)23(31)21-8-3-4-12-28(21)15-16-30/h5,7,9,17-18,21,30H,2-4,6,8,10-16H2,1H3,(H,25,26,27)/t21-/m1/s1. The van der Waals surface area contributed by atoms with E-state index >= 15 is 0 Å². The highest BCUT2D eigenvalue weighted by molar-refractivity contribution is 7.15. The first-order valence-electron chi connectivity index (χ1n) is 12.0. The number of likely N-dealkylation sites (tertiary alicyclic amines) is 2. The first-order valence-corrected chi connectivity index (χ1v) is 12.8. The maximum atomic E-state index is 13.2. The molecule has 4 rings (SSSR count). The highest BCUT2D eigenvalue weighted by Gasteiger charge is 2.33. The van der Waals surface area contributed by atoms with Gasteiger partial charge in [0.15, 0.2) is 5.13 Å². The number of anilines is 2. The number of piperidine rings is 2. The number of aliphatic hydroxyl groups is 1. The highest BCUT2D eigenvalue weighted by atomic mass is 32.1. The number of rotatable bonds is 8. The average Bonchev–Trinajstić information content (AvgIpc) is 3.26. The summed E-state index contributed by atoms with van der Waals surface area (Å²) in [6, 6.07) is 6.08. The van der Waals surface area contributed by atoms with Gasteiger partial charge in [-0.2, -0.15) is 0 Å². The van der Waals surface area contributed by atoms with Crippen LogP contribution in [-0.2, 0) is 11.2 Å². The van der Waals surface area contributed by atoms with E-state index in [2.05, 4.69) is 34.3 Å². The molecule has 2 N–H and O–H groups in total. The molecule has 0 bridgehead atoms. The summed E-state index contributed by atoms with van der Waals surface area (Å²) in [4.78, 5) is 28.0. The summed E-state index contributed by atoms with van der Waals surface area (Å²) in [7, 11) is 0. The lowest BCUT2D eigenvalue weighted by molar-refractivity contribution is -0.139. The summed E-state index contributed by atoms with van der Waals surface area (Å²) in [5, 5.41) is 13.6. The first kappa shape index (κ1) is 23.1. The molecule has 4 heterocycles. The van der Waals surface area contributed by atoms with Gasteiger partial charge in [-0.3, -0.25) is 9.69 Å². The number of amides is 1. The van der Waals surface area contributed by atoms with E-state index in [1.54, 1.807) is 11.3 Å². The van der Waals surface area contributed by atoms with Crippen LogP contribution in [0.4, 0.5) is 10.9 Å². The topological polar surface area (TPSA) is 81.6 Å². The van der Waals surface area contributed by atoms with Crippen molar-refractivity contribution in [3.63, 3.8) is 0 Å². The number of pyridine rings is 1. The molecule has 0 radical (unpaired) electrons. The summed E-state index contributed by atoms with van der Waals surface area (Å²) in [5.74, 6) is 1.44. The van der Waals surface area contributed by atoms with Gasteiger partial charge in [-0.15, -0.1) is 11.3 Å². The fourth-order valence-corrected chi connectivity index (χ4v) is 5.78. The van der Waals surface area contributed by atoms with Crippen molar-refractivity contribution in [2.75, 3.05) is 38.1 Å². The average molecular weight is 458 g/mol. The van der Waals surface area contributed by atoms with E-state index in [9.17, 15) is 9.90 Å². The Morgan fingerprint density at radius 1 is 1.22 bits per heavy atom. The molecule has 0 unspecified atom stereocenters. The quantitative estimate of drug-likeness (QED) is 0.628. The first-order chi connectivity index (χ1) is 15.7. The number of β-amino-alcohol motifs (C(OH)–C–C–N with tert-alkyl or cyclic N) is 1. The molecule has 8 heteroatoms. The number of thiazole rings is 1. The summed E-state index contributed by atoms with van der Waals surface area (Å²) >= 11 is 1.69. The fraction of sp³-hybridized carbons (Fsp3) is 0.625. The van der Waals surface area contributed by atoms with Crippen molar-refractivity contribution in [2.45, 2.75) is 63.8 Å². The van der Waals surface area contributed by atoms with Gasteiger partial charge in [-0.05, 0) is 50.8 Å². The van der Waals surface area contributed by atoms with Gasteiger partial charge >= 0.3 is 0 Å². The molecular formula is C24H35N5O2S. The van der Waals surface area contributed by atoms with Gasteiger partial charge in [0.05, 0.1) is 12.6 Å². The third kappa shape index (κ3) is 5.66. The molecule has 2 aliphatic heterocycles.